The molecule has 0 aromatic heterocycles. The molecule has 98 valence electrons. The lowest BCUT2D eigenvalue weighted by molar-refractivity contribution is -0.0108. The van der Waals surface area contributed by atoms with Crippen molar-refractivity contribution in [1.82, 2.24) is 0 Å². The number of hydrogen-bond acceptors (Lipinski definition) is 2. The standard InChI is InChI=1S/C14H23ClO2/c1-10-2-5-12(17-10)8-14(9-15)6-7-16-13(14)11-3-4-11/h10-13H,2-9H2,1H3. The molecule has 3 rings (SSSR count). The van der Waals surface area contributed by atoms with Gasteiger partial charge in [0.25, 0.3) is 0 Å². The van der Waals surface area contributed by atoms with Crippen LogP contribution in [0.3, 0.4) is 0 Å². The molecule has 2 aliphatic heterocycles. The number of rotatable bonds is 4. The average Bonchev–Trinajstić information content (AvgIpc) is 2.96. The van der Waals surface area contributed by atoms with Crippen molar-refractivity contribution in [2.45, 2.75) is 63.8 Å². The van der Waals surface area contributed by atoms with Crippen molar-refractivity contribution in [1.29, 1.82) is 0 Å². The Labute approximate surface area is 109 Å². The second kappa shape index (κ2) is 4.71. The second-order valence-electron chi connectivity index (χ2n) is 6.23. The molecule has 17 heavy (non-hydrogen) atoms. The molecule has 1 saturated carbocycles. The van der Waals surface area contributed by atoms with Crippen molar-refractivity contribution in [2.75, 3.05) is 12.5 Å². The van der Waals surface area contributed by atoms with E-state index >= 15 is 0 Å². The van der Waals surface area contributed by atoms with Gasteiger partial charge in [-0.3, -0.25) is 0 Å². The van der Waals surface area contributed by atoms with E-state index in [1.54, 1.807) is 0 Å². The molecule has 3 fully saturated rings. The minimum absolute atomic E-state index is 0.206. The second-order valence-corrected chi connectivity index (χ2v) is 6.49. The molecular formula is C14H23ClO2. The third-order valence-corrected chi connectivity index (χ3v) is 5.30. The highest BCUT2D eigenvalue weighted by Crippen LogP contribution is 2.51. The van der Waals surface area contributed by atoms with Gasteiger partial charge in [0.1, 0.15) is 0 Å². The summed E-state index contributed by atoms with van der Waals surface area (Å²) in [6.07, 6.45) is 8.61. The minimum atomic E-state index is 0.206. The quantitative estimate of drug-likeness (QED) is 0.720. The lowest BCUT2D eigenvalue weighted by Crippen LogP contribution is -2.37. The van der Waals surface area contributed by atoms with Crippen molar-refractivity contribution < 1.29 is 9.47 Å². The summed E-state index contributed by atoms with van der Waals surface area (Å²) in [6, 6.07) is 0. The van der Waals surface area contributed by atoms with Gasteiger partial charge in [0.2, 0.25) is 0 Å². The van der Waals surface area contributed by atoms with Crippen LogP contribution in [0.1, 0.15) is 45.4 Å². The summed E-state index contributed by atoms with van der Waals surface area (Å²) < 4.78 is 12.0. The van der Waals surface area contributed by atoms with Gasteiger partial charge in [0.05, 0.1) is 18.3 Å². The van der Waals surface area contributed by atoms with E-state index in [1.165, 1.54) is 25.7 Å². The largest absolute Gasteiger partial charge is 0.377 e. The number of halogens is 1. The first-order valence-corrected chi connectivity index (χ1v) is 7.60. The molecular weight excluding hydrogens is 236 g/mol. The Morgan fingerprint density at radius 1 is 1.24 bits per heavy atom. The highest BCUT2D eigenvalue weighted by Gasteiger charge is 2.51. The van der Waals surface area contributed by atoms with Crippen LogP contribution in [-0.2, 0) is 9.47 Å². The summed E-state index contributed by atoms with van der Waals surface area (Å²) in [5.74, 6) is 1.53. The van der Waals surface area contributed by atoms with Crippen LogP contribution in [0.4, 0.5) is 0 Å². The maximum Gasteiger partial charge on any atom is 0.0672 e. The Hall–Kier alpha value is 0.210. The van der Waals surface area contributed by atoms with Gasteiger partial charge in [-0.15, -0.1) is 11.6 Å². The van der Waals surface area contributed by atoms with E-state index in [1.807, 2.05) is 0 Å². The molecule has 0 amide bonds. The van der Waals surface area contributed by atoms with Gasteiger partial charge < -0.3 is 9.47 Å². The molecule has 3 aliphatic rings. The smallest absolute Gasteiger partial charge is 0.0672 e. The van der Waals surface area contributed by atoms with Crippen molar-refractivity contribution >= 4 is 11.6 Å². The van der Waals surface area contributed by atoms with E-state index in [0.717, 1.165) is 31.2 Å². The molecule has 1 aliphatic carbocycles. The molecule has 4 unspecified atom stereocenters. The van der Waals surface area contributed by atoms with Gasteiger partial charge >= 0.3 is 0 Å². The molecule has 2 saturated heterocycles. The molecule has 0 aromatic rings. The molecule has 0 spiro atoms. The third kappa shape index (κ3) is 2.36. The lowest BCUT2D eigenvalue weighted by atomic mass is 9.76. The summed E-state index contributed by atoms with van der Waals surface area (Å²) in [6.45, 7) is 3.08. The highest BCUT2D eigenvalue weighted by molar-refractivity contribution is 6.18. The van der Waals surface area contributed by atoms with Crippen LogP contribution in [0, 0.1) is 11.3 Å². The Bertz CT molecular complexity index is 279. The fourth-order valence-electron chi connectivity index (χ4n) is 3.65. The average molecular weight is 259 g/mol. The highest BCUT2D eigenvalue weighted by atomic mass is 35.5. The monoisotopic (exact) mass is 258 g/mol. The zero-order valence-corrected chi connectivity index (χ0v) is 11.4. The summed E-state index contributed by atoms with van der Waals surface area (Å²) >= 11 is 6.31. The molecule has 0 radical (unpaired) electrons. The molecule has 3 heteroatoms. The minimum Gasteiger partial charge on any atom is -0.377 e. The summed E-state index contributed by atoms with van der Waals surface area (Å²) in [7, 11) is 0. The van der Waals surface area contributed by atoms with Crippen molar-refractivity contribution in [3.8, 4) is 0 Å². The fourth-order valence-corrected chi connectivity index (χ4v) is 4.04. The predicted octanol–water partition coefficient (Wildman–Crippen LogP) is 3.37. The van der Waals surface area contributed by atoms with Crippen LogP contribution in [-0.4, -0.2) is 30.8 Å². The normalized spacial score (nSPS) is 46.6. The Kier molecular flexibility index (Phi) is 3.40. The molecule has 2 heterocycles. The fraction of sp³-hybridized carbons (Fsp3) is 1.00. The van der Waals surface area contributed by atoms with E-state index in [9.17, 15) is 0 Å². The number of hydrogen-bond donors (Lipinski definition) is 0. The summed E-state index contributed by atoms with van der Waals surface area (Å²) in [5.41, 5.74) is 0.206. The van der Waals surface area contributed by atoms with Crippen LogP contribution in [0.15, 0.2) is 0 Å². The van der Waals surface area contributed by atoms with Crippen LogP contribution in [0.2, 0.25) is 0 Å². The summed E-state index contributed by atoms with van der Waals surface area (Å²) in [5, 5.41) is 0. The van der Waals surface area contributed by atoms with Crippen molar-refractivity contribution in [3.63, 3.8) is 0 Å². The summed E-state index contributed by atoms with van der Waals surface area (Å²) in [4.78, 5) is 0. The van der Waals surface area contributed by atoms with Gasteiger partial charge in [-0.25, -0.2) is 0 Å². The molecule has 0 aromatic carbocycles. The zero-order chi connectivity index (χ0) is 11.9. The lowest BCUT2D eigenvalue weighted by Gasteiger charge is -2.34. The van der Waals surface area contributed by atoms with Crippen LogP contribution < -0.4 is 0 Å². The van der Waals surface area contributed by atoms with E-state index in [0.29, 0.717) is 18.3 Å². The molecule has 0 N–H and O–H groups in total. The maximum atomic E-state index is 6.31. The van der Waals surface area contributed by atoms with Gasteiger partial charge in [0, 0.05) is 17.9 Å². The van der Waals surface area contributed by atoms with Gasteiger partial charge in [-0.05, 0) is 51.4 Å². The molecule has 0 bridgehead atoms. The van der Waals surface area contributed by atoms with E-state index in [4.69, 9.17) is 21.1 Å². The predicted molar refractivity (Wildman–Crippen MR) is 68.4 cm³/mol. The van der Waals surface area contributed by atoms with Crippen LogP contribution >= 0.6 is 11.6 Å². The topological polar surface area (TPSA) is 18.5 Å². The van der Waals surface area contributed by atoms with E-state index in [-0.39, 0.29) is 5.41 Å². The van der Waals surface area contributed by atoms with Crippen LogP contribution in [0.25, 0.3) is 0 Å². The van der Waals surface area contributed by atoms with Gasteiger partial charge in [0.15, 0.2) is 0 Å². The van der Waals surface area contributed by atoms with E-state index in [2.05, 4.69) is 6.92 Å². The Balaban J connectivity index is 1.67. The van der Waals surface area contributed by atoms with Gasteiger partial charge in [-0.2, -0.15) is 0 Å². The number of alkyl halides is 1. The first kappa shape index (κ1) is 12.3. The van der Waals surface area contributed by atoms with Crippen molar-refractivity contribution in [3.05, 3.63) is 0 Å². The first-order chi connectivity index (χ1) is 8.23. The van der Waals surface area contributed by atoms with Gasteiger partial charge in [-0.1, -0.05) is 0 Å². The molecule has 2 nitrogen and oxygen atoms in total. The zero-order valence-electron chi connectivity index (χ0n) is 10.7. The first-order valence-electron chi connectivity index (χ1n) is 7.06. The van der Waals surface area contributed by atoms with E-state index < -0.39 is 0 Å². The maximum absolute atomic E-state index is 6.31. The number of ether oxygens (including phenoxy) is 2. The SMILES string of the molecule is CC1CCC(CC2(CCl)CCOC2C2CC2)O1. The molecule has 4 atom stereocenters. The Morgan fingerprint density at radius 2 is 2.06 bits per heavy atom. The third-order valence-electron chi connectivity index (χ3n) is 4.77. The van der Waals surface area contributed by atoms with Crippen LogP contribution in [0.5, 0.6) is 0 Å². The Morgan fingerprint density at radius 3 is 2.65 bits per heavy atom. The van der Waals surface area contributed by atoms with Crippen molar-refractivity contribution in [2.24, 2.45) is 11.3 Å².